The van der Waals surface area contributed by atoms with Gasteiger partial charge in [-0.1, -0.05) is 54.1 Å². The second-order valence-electron chi connectivity index (χ2n) is 7.51. The minimum Gasteiger partial charge on any atom is -0.352 e. The number of hydrogen-bond donors (Lipinski definition) is 1. The summed E-state index contributed by atoms with van der Waals surface area (Å²) >= 11 is 6.06. The van der Waals surface area contributed by atoms with Crippen LogP contribution in [0, 0.1) is 0 Å². The molecule has 0 spiro atoms. The van der Waals surface area contributed by atoms with Gasteiger partial charge in [-0.15, -0.1) is 4.40 Å². The molecular weight excluding hydrogens is 422 g/mol. The van der Waals surface area contributed by atoms with Crippen LogP contribution in [0.25, 0.3) is 0 Å². The van der Waals surface area contributed by atoms with Crippen LogP contribution in [0.4, 0.5) is 0 Å². The SMILES string of the molecule is CC(C)N/C(=N\S(=O)(=O)N(C)C)N1CC(c2ccccc2)C(c2ccc(Cl)cc2)=N1. The third-order valence-corrected chi connectivity index (χ3v) is 6.16. The molecule has 0 bridgehead atoms. The second-order valence-corrected chi connectivity index (χ2v) is 9.76. The zero-order chi connectivity index (χ0) is 21.9. The number of benzene rings is 2. The third kappa shape index (κ3) is 5.19. The summed E-state index contributed by atoms with van der Waals surface area (Å²) in [7, 11) is -0.921. The lowest BCUT2D eigenvalue weighted by atomic mass is 9.91. The first-order valence-corrected chi connectivity index (χ1v) is 11.4. The molecule has 0 saturated carbocycles. The van der Waals surface area contributed by atoms with Crippen LogP contribution in [-0.4, -0.2) is 56.1 Å². The fraction of sp³-hybridized carbons (Fsp3) is 0.333. The predicted molar refractivity (Wildman–Crippen MR) is 122 cm³/mol. The maximum Gasteiger partial charge on any atom is 0.325 e. The second kappa shape index (κ2) is 9.16. The maximum absolute atomic E-state index is 12.4. The van der Waals surface area contributed by atoms with Crippen molar-refractivity contribution in [2.24, 2.45) is 9.50 Å². The lowest BCUT2D eigenvalue weighted by Crippen LogP contribution is -2.42. The lowest BCUT2D eigenvalue weighted by molar-refractivity contribution is 0.446. The standard InChI is InChI=1S/C21H26ClN5O2S/c1-15(2)23-21(25-30(28,29)26(3)4)27-14-19(16-8-6-5-7-9-16)20(24-27)17-10-12-18(22)13-11-17/h5-13,15,19H,14H2,1-4H3,(H,23,25). The largest absolute Gasteiger partial charge is 0.352 e. The first-order chi connectivity index (χ1) is 14.2. The van der Waals surface area contributed by atoms with Gasteiger partial charge in [-0.3, -0.25) is 0 Å². The molecule has 1 aliphatic rings. The van der Waals surface area contributed by atoms with Crippen molar-refractivity contribution in [3.63, 3.8) is 0 Å². The molecule has 1 aliphatic heterocycles. The smallest absolute Gasteiger partial charge is 0.325 e. The van der Waals surface area contributed by atoms with Crippen molar-refractivity contribution in [1.82, 2.24) is 14.6 Å². The minimum absolute atomic E-state index is 0.0222. The Labute approximate surface area is 183 Å². The highest BCUT2D eigenvalue weighted by molar-refractivity contribution is 7.87. The molecule has 0 fully saturated rings. The topological polar surface area (TPSA) is 77.4 Å². The molecule has 0 radical (unpaired) electrons. The minimum atomic E-state index is -3.82. The van der Waals surface area contributed by atoms with Gasteiger partial charge < -0.3 is 5.32 Å². The number of hydrogen-bond acceptors (Lipinski definition) is 3. The van der Waals surface area contributed by atoms with Crippen molar-refractivity contribution in [3.05, 3.63) is 70.7 Å². The summed E-state index contributed by atoms with van der Waals surface area (Å²) in [6, 6.07) is 17.5. The van der Waals surface area contributed by atoms with Crippen LogP contribution in [0.15, 0.2) is 64.1 Å². The van der Waals surface area contributed by atoms with Crippen molar-refractivity contribution in [3.8, 4) is 0 Å². The van der Waals surface area contributed by atoms with E-state index in [1.165, 1.54) is 14.1 Å². The highest BCUT2D eigenvalue weighted by Crippen LogP contribution is 2.29. The van der Waals surface area contributed by atoms with Gasteiger partial charge in [0.15, 0.2) is 0 Å². The first-order valence-electron chi connectivity index (χ1n) is 9.63. The summed E-state index contributed by atoms with van der Waals surface area (Å²) in [5, 5.41) is 10.2. The molecule has 3 rings (SSSR count). The van der Waals surface area contributed by atoms with Crippen LogP contribution in [0.3, 0.4) is 0 Å². The molecule has 7 nitrogen and oxygen atoms in total. The van der Waals surface area contributed by atoms with Crippen LogP contribution >= 0.6 is 11.6 Å². The third-order valence-electron chi connectivity index (χ3n) is 4.58. The van der Waals surface area contributed by atoms with Gasteiger partial charge in [0.2, 0.25) is 5.96 Å². The van der Waals surface area contributed by atoms with Gasteiger partial charge in [0.05, 0.1) is 12.3 Å². The quantitative estimate of drug-likeness (QED) is 0.563. The van der Waals surface area contributed by atoms with Crippen molar-refractivity contribution >= 4 is 33.5 Å². The average molecular weight is 448 g/mol. The van der Waals surface area contributed by atoms with E-state index in [9.17, 15) is 8.42 Å². The number of rotatable bonds is 5. The van der Waals surface area contributed by atoms with Gasteiger partial charge in [0.25, 0.3) is 0 Å². The normalized spacial score (nSPS) is 17.6. The molecule has 2 aromatic carbocycles. The molecule has 160 valence electrons. The van der Waals surface area contributed by atoms with E-state index in [1.807, 2.05) is 68.4 Å². The van der Waals surface area contributed by atoms with E-state index < -0.39 is 10.2 Å². The summed E-state index contributed by atoms with van der Waals surface area (Å²) < 4.78 is 29.9. The molecule has 0 aromatic heterocycles. The van der Waals surface area contributed by atoms with Crippen LogP contribution in [0.1, 0.15) is 30.9 Å². The zero-order valence-electron chi connectivity index (χ0n) is 17.4. The van der Waals surface area contributed by atoms with Gasteiger partial charge in [-0.25, -0.2) is 5.01 Å². The van der Waals surface area contributed by atoms with Gasteiger partial charge >= 0.3 is 10.2 Å². The van der Waals surface area contributed by atoms with Crippen LogP contribution in [0.2, 0.25) is 5.02 Å². The lowest BCUT2D eigenvalue weighted by Gasteiger charge is -2.21. The number of hydrazone groups is 1. The van der Waals surface area contributed by atoms with Gasteiger partial charge in [0.1, 0.15) is 0 Å². The van der Waals surface area contributed by atoms with Crippen LogP contribution < -0.4 is 5.32 Å². The summed E-state index contributed by atoms with van der Waals surface area (Å²) in [6.07, 6.45) is 0. The molecule has 9 heteroatoms. The Hall–Kier alpha value is -2.42. The number of nitrogens with zero attached hydrogens (tertiary/aromatic N) is 4. The van der Waals surface area contributed by atoms with E-state index in [1.54, 1.807) is 5.01 Å². The summed E-state index contributed by atoms with van der Waals surface area (Å²) in [5.74, 6) is 0.150. The van der Waals surface area contributed by atoms with Gasteiger partial charge in [-0.05, 0) is 37.1 Å². The first kappa shape index (κ1) is 22.3. The van der Waals surface area contributed by atoms with Crippen molar-refractivity contribution < 1.29 is 8.42 Å². The molecule has 1 N–H and O–H groups in total. The predicted octanol–water partition coefficient (Wildman–Crippen LogP) is 3.30. The van der Waals surface area contributed by atoms with E-state index in [0.29, 0.717) is 11.6 Å². The number of guanidine groups is 1. The highest BCUT2D eigenvalue weighted by atomic mass is 35.5. The molecule has 0 saturated heterocycles. The number of halogens is 1. The van der Waals surface area contributed by atoms with Crippen LogP contribution in [-0.2, 0) is 10.2 Å². The summed E-state index contributed by atoms with van der Waals surface area (Å²) in [4.78, 5) is 0. The number of nitrogens with one attached hydrogen (secondary N) is 1. The summed E-state index contributed by atoms with van der Waals surface area (Å²) in [5.41, 5.74) is 2.85. The molecular formula is C21H26ClN5O2S. The van der Waals surface area contributed by atoms with Crippen molar-refractivity contribution in [1.29, 1.82) is 0 Å². The monoisotopic (exact) mass is 447 g/mol. The molecule has 0 amide bonds. The Morgan fingerprint density at radius 2 is 1.80 bits per heavy atom. The Kier molecular flexibility index (Phi) is 6.80. The average Bonchev–Trinajstić information content (AvgIpc) is 3.13. The Morgan fingerprint density at radius 3 is 2.37 bits per heavy atom. The molecule has 2 aromatic rings. The van der Waals surface area contributed by atoms with Crippen molar-refractivity contribution in [2.45, 2.75) is 25.8 Å². The molecule has 0 aliphatic carbocycles. The Morgan fingerprint density at radius 1 is 1.17 bits per heavy atom. The molecule has 30 heavy (non-hydrogen) atoms. The molecule has 1 heterocycles. The van der Waals surface area contributed by atoms with Crippen molar-refractivity contribution in [2.75, 3.05) is 20.6 Å². The zero-order valence-corrected chi connectivity index (χ0v) is 19.0. The van der Waals surface area contributed by atoms with E-state index in [-0.39, 0.29) is 17.9 Å². The molecule has 1 unspecified atom stereocenters. The van der Waals surface area contributed by atoms with Crippen LogP contribution in [0.5, 0.6) is 0 Å². The molecule has 1 atom stereocenters. The van der Waals surface area contributed by atoms with E-state index >= 15 is 0 Å². The highest BCUT2D eigenvalue weighted by Gasteiger charge is 2.32. The maximum atomic E-state index is 12.4. The Bertz CT molecular complexity index is 1030. The van der Waals surface area contributed by atoms with Gasteiger partial charge in [0, 0.05) is 31.1 Å². The summed E-state index contributed by atoms with van der Waals surface area (Å²) in [6.45, 7) is 4.31. The van der Waals surface area contributed by atoms with E-state index in [4.69, 9.17) is 16.7 Å². The van der Waals surface area contributed by atoms with Gasteiger partial charge in [-0.2, -0.15) is 17.8 Å². The van der Waals surface area contributed by atoms with E-state index in [2.05, 4.69) is 9.71 Å². The fourth-order valence-corrected chi connectivity index (χ4v) is 3.71. The van der Waals surface area contributed by atoms with E-state index in [0.717, 1.165) is 21.1 Å². The fourth-order valence-electron chi connectivity index (χ4n) is 3.06. The Balaban J connectivity index is 2.07.